The van der Waals surface area contributed by atoms with E-state index < -0.39 is 0 Å². The second kappa shape index (κ2) is 3.83. The van der Waals surface area contributed by atoms with E-state index >= 15 is 0 Å². The zero-order chi connectivity index (χ0) is 11.0. The Kier molecular flexibility index (Phi) is 2.67. The molecule has 1 aromatic heterocycles. The summed E-state index contributed by atoms with van der Waals surface area (Å²) in [5, 5.41) is 0.536. The number of rotatable bonds is 2. The lowest BCUT2D eigenvalue weighted by Gasteiger charge is -2.07. The quantitative estimate of drug-likeness (QED) is 0.786. The highest BCUT2D eigenvalue weighted by Gasteiger charge is 2.31. The van der Waals surface area contributed by atoms with E-state index in [1.807, 2.05) is 6.92 Å². The first kappa shape index (κ1) is 10.4. The minimum Gasteiger partial charge on any atom is -0.462 e. The molecule has 0 spiro atoms. The van der Waals surface area contributed by atoms with Gasteiger partial charge in [-0.2, -0.15) is 0 Å². The molecule has 2 N–H and O–H groups in total. The van der Waals surface area contributed by atoms with Gasteiger partial charge in [0.25, 0.3) is 0 Å². The number of thiophene rings is 1. The van der Waals surface area contributed by atoms with Crippen LogP contribution in [0.4, 0.5) is 5.00 Å². The first-order valence-electron chi connectivity index (χ1n) is 4.84. The van der Waals surface area contributed by atoms with Crippen LogP contribution < -0.4 is 5.73 Å². The number of hydrogen-bond donors (Lipinski definition) is 1. The summed E-state index contributed by atoms with van der Waals surface area (Å²) in [5.41, 5.74) is 7.22. The number of nitrogen functional groups attached to an aromatic ring is 1. The lowest BCUT2D eigenvalue weighted by Crippen LogP contribution is -2.09. The highest BCUT2D eigenvalue weighted by Crippen LogP contribution is 2.42. The molecule has 0 amide bonds. The van der Waals surface area contributed by atoms with E-state index in [1.54, 1.807) is 6.92 Å². The van der Waals surface area contributed by atoms with Gasteiger partial charge in [0, 0.05) is 10.4 Å². The van der Waals surface area contributed by atoms with Crippen molar-refractivity contribution in [2.75, 3.05) is 12.3 Å². The van der Waals surface area contributed by atoms with Crippen molar-refractivity contribution in [1.82, 2.24) is 0 Å². The van der Waals surface area contributed by atoms with Gasteiger partial charge in [0.15, 0.2) is 0 Å². The Bertz CT molecular complexity index is 400. The Morgan fingerprint density at radius 3 is 3.13 bits per heavy atom. The molecular formula is C10H13NO3S. The maximum absolute atomic E-state index is 11.7. The van der Waals surface area contributed by atoms with Crippen LogP contribution in [0.3, 0.4) is 0 Å². The van der Waals surface area contributed by atoms with Gasteiger partial charge in [0.2, 0.25) is 0 Å². The van der Waals surface area contributed by atoms with Crippen LogP contribution in [0.5, 0.6) is 0 Å². The molecule has 5 heteroatoms. The molecule has 0 radical (unpaired) electrons. The molecule has 0 saturated carbocycles. The monoisotopic (exact) mass is 227 g/mol. The van der Waals surface area contributed by atoms with Crippen molar-refractivity contribution in [2.24, 2.45) is 0 Å². The lowest BCUT2D eigenvalue weighted by atomic mass is 10.1. The SMILES string of the molecule is CCOC(=O)c1c(N)sc2c1C(C)OC2. The number of hydrogen-bond acceptors (Lipinski definition) is 5. The van der Waals surface area contributed by atoms with Gasteiger partial charge in [-0.1, -0.05) is 0 Å². The second-order valence-corrected chi connectivity index (χ2v) is 4.49. The summed E-state index contributed by atoms with van der Waals surface area (Å²) in [4.78, 5) is 12.7. The molecule has 1 atom stereocenters. The molecule has 1 unspecified atom stereocenters. The van der Waals surface area contributed by atoms with Crippen molar-refractivity contribution in [3.8, 4) is 0 Å². The molecule has 0 saturated heterocycles. The first-order valence-corrected chi connectivity index (χ1v) is 5.66. The Hall–Kier alpha value is -1.07. The van der Waals surface area contributed by atoms with Gasteiger partial charge in [-0.25, -0.2) is 4.79 Å². The minimum absolute atomic E-state index is 0.0621. The summed E-state index contributed by atoms with van der Waals surface area (Å²) in [5.74, 6) is -0.343. The fraction of sp³-hybridized carbons (Fsp3) is 0.500. The molecule has 2 rings (SSSR count). The predicted molar refractivity (Wildman–Crippen MR) is 57.9 cm³/mol. The van der Waals surface area contributed by atoms with Gasteiger partial charge in [0.05, 0.1) is 24.9 Å². The van der Waals surface area contributed by atoms with Crippen LogP contribution in [0.15, 0.2) is 0 Å². The molecule has 4 nitrogen and oxygen atoms in total. The van der Waals surface area contributed by atoms with Crippen molar-refractivity contribution >= 4 is 22.3 Å². The summed E-state index contributed by atoms with van der Waals surface area (Å²) >= 11 is 1.41. The average Bonchev–Trinajstić information content (AvgIpc) is 2.67. The Morgan fingerprint density at radius 2 is 2.47 bits per heavy atom. The average molecular weight is 227 g/mol. The Labute approximate surface area is 92.0 Å². The van der Waals surface area contributed by atoms with Crippen LogP contribution >= 0.6 is 11.3 Å². The topological polar surface area (TPSA) is 61.5 Å². The molecule has 82 valence electrons. The smallest absolute Gasteiger partial charge is 0.341 e. The standard InChI is InChI=1S/C10H13NO3S/c1-3-13-10(12)8-7-5(2)14-4-6(7)15-9(8)11/h5H,3-4,11H2,1-2H3. The lowest BCUT2D eigenvalue weighted by molar-refractivity contribution is 0.0513. The van der Waals surface area contributed by atoms with Crippen LogP contribution in [0.2, 0.25) is 0 Å². The van der Waals surface area contributed by atoms with Gasteiger partial charge >= 0.3 is 5.97 Å². The van der Waals surface area contributed by atoms with Crippen molar-refractivity contribution in [3.63, 3.8) is 0 Å². The van der Waals surface area contributed by atoms with Gasteiger partial charge in [-0.05, 0) is 13.8 Å². The Balaban J connectivity index is 2.42. The molecule has 0 aromatic carbocycles. The van der Waals surface area contributed by atoms with Gasteiger partial charge < -0.3 is 15.2 Å². The van der Waals surface area contributed by atoms with Gasteiger partial charge in [-0.15, -0.1) is 11.3 Å². The minimum atomic E-state index is -0.343. The summed E-state index contributed by atoms with van der Waals surface area (Å²) in [6.45, 7) is 4.60. The third-order valence-electron chi connectivity index (χ3n) is 2.40. The third-order valence-corrected chi connectivity index (χ3v) is 3.41. The fourth-order valence-corrected chi connectivity index (χ4v) is 2.81. The molecule has 1 aliphatic heterocycles. The van der Waals surface area contributed by atoms with E-state index in [9.17, 15) is 4.79 Å². The predicted octanol–water partition coefficient (Wildman–Crippen LogP) is 2.10. The molecule has 1 aromatic rings. The van der Waals surface area contributed by atoms with Crippen molar-refractivity contribution in [1.29, 1.82) is 0 Å². The second-order valence-electron chi connectivity index (χ2n) is 3.35. The van der Waals surface area contributed by atoms with Crippen molar-refractivity contribution in [2.45, 2.75) is 26.6 Å². The van der Waals surface area contributed by atoms with Crippen LogP contribution in [-0.2, 0) is 16.1 Å². The van der Waals surface area contributed by atoms with E-state index in [0.717, 1.165) is 10.4 Å². The zero-order valence-electron chi connectivity index (χ0n) is 8.70. The van der Waals surface area contributed by atoms with E-state index in [1.165, 1.54) is 11.3 Å². The first-order chi connectivity index (χ1) is 7.15. The van der Waals surface area contributed by atoms with Crippen LogP contribution in [0, 0.1) is 0 Å². The zero-order valence-corrected chi connectivity index (χ0v) is 9.52. The van der Waals surface area contributed by atoms with Crippen molar-refractivity contribution < 1.29 is 14.3 Å². The number of fused-ring (bicyclic) bond motifs is 1. The van der Waals surface area contributed by atoms with E-state index in [2.05, 4.69) is 0 Å². The largest absolute Gasteiger partial charge is 0.462 e. The number of carbonyl (C=O) groups is 1. The van der Waals surface area contributed by atoms with E-state index in [4.69, 9.17) is 15.2 Å². The number of ether oxygens (including phenoxy) is 2. The summed E-state index contributed by atoms with van der Waals surface area (Å²) in [6, 6.07) is 0. The molecular weight excluding hydrogens is 214 g/mol. The Morgan fingerprint density at radius 1 is 1.73 bits per heavy atom. The van der Waals surface area contributed by atoms with E-state index in [0.29, 0.717) is 23.8 Å². The molecule has 1 aliphatic rings. The highest BCUT2D eigenvalue weighted by atomic mass is 32.1. The number of anilines is 1. The molecule has 0 aliphatic carbocycles. The van der Waals surface area contributed by atoms with Gasteiger partial charge in [0.1, 0.15) is 5.00 Å². The third kappa shape index (κ3) is 1.61. The van der Waals surface area contributed by atoms with Gasteiger partial charge in [-0.3, -0.25) is 0 Å². The normalized spacial score (nSPS) is 18.9. The summed E-state index contributed by atoms with van der Waals surface area (Å²) < 4.78 is 10.4. The van der Waals surface area contributed by atoms with Crippen LogP contribution in [-0.4, -0.2) is 12.6 Å². The summed E-state index contributed by atoms with van der Waals surface area (Å²) in [6.07, 6.45) is -0.0621. The van der Waals surface area contributed by atoms with E-state index in [-0.39, 0.29) is 12.1 Å². The van der Waals surface area contributed by atoms with Crippen LogP contribution in [0.25, 0.3) is 0 Å². The number of esters is 1. The fourth-order valence-electron chi connectivity index (χ4n) is 1.75. The molecule has 0 fully saturated rings. The molecule has 15 heavy (non-hydrogen) atoms. The number of nitrogens with two attached hydrogens (primary N) is 1. The maximum atomic E-state index is 11.7. The molecule has 2 heterocycles. The molecule has 0 bridgehead atoms. The highest BCUT2D eigenvalue weighted by molar-refractivity contribution is 7.16. The maximum Gasteiger partial charge on any atom is 0.341 e. The van der Waals surface area contributed by atoms with Crippen LogP contribution in [0.1, 0.15) is 40.8 Å². The number of carbonyl (C=O) groups excluding carboxylic acids is 1. The summed E-state index contributed by atoms with van der Waals surface area (Å²) in [7, 11) is 0. The van der Waals surface area contributed by atoms with Crippen molar-refractivity contribution in [3.05, 3.63) is 16.0 Å².